The number of phenolic OH excluding ortho intramolecular Hbond substituents is 1. The average Bonchev–Trinajstić information content (AvgIpc) is 2.63. The first kappa shape index (κ1) is 9.73. The molecule has 0 radical (unpaired) electrons. The fourth-order valence-corrected chi connectivity index (χ4v) is 1.47. The van der Waals surface area contributed by atoms with E-state index < -0.39 is 0 Å². The third kappa shape index (κ3) is 1.71. The number of aliphatic hydroxyl groups is 1. The van der Waals surface area contributed by atoms with Gasteiger partial charge >= 0.3 is 0 Å². The van der Waals surface area contributed by atoms with E-state index >= 15 is 0 Å². The quantitative estimate of drug-likeness (QED) is 0.750. The molecule has 0 unspecified atom stereocenters. The fraction of sp³-hybridized carbons (Fsp3) is 0.182. The van der Waals surface area contributed by atoms with Gasteiger partial charge in [-0.3, -0.25) is 4.79 Å². The zero-order valence-corrected chi connectivity index (χ0v) is 7.93. The number of furan rings is 1. The number of hydrogen-bond acceptors (Lipinski definition) is 4. The molecule has 0 aliphatic rings. The maximum Gasteiger partial charge on any atom is 0.168 e. The molecule has 0 atom stereocenters. The summed E-state index contributed by atoms with van der Waals surface area (Å²) in [5.41, 5.74) is 0.220. The Bertz CT molecular complexity index is 498. The minimum absolute atomic E-state index is 0.0108. The molecule has 2 aromatic rings. The molecule has 0 spiro atoms. The van der Waals surface area contributed by atoms with Crippen molar-refractivity contribution in [3.63, 3.8) is 0 Å². The molecule has 0 saturated heterocycles. The highest BCUT2D eigenvalue weighted by Gasteiger charge is 2.12. The number of Topliss-reactive ketones (excluding diaryl/α,β-unsaturated/α-hetero) is 1. The van der Waals surface area contributed by atoms with Gasteiger partial charge in [0.15, 0.2) is 5.78 Å². The SMILES string of the molecule is O=C(CCO)c1cc2cocc2cc1O. The van der Waals surface area contributed by atoms with E-state index in [1.165, 1.54) is 18.6 Å². The highest BCUT2D eigenvalue weighted by Crippen LogP contribution is 2.26. The van der Waals surface area contributed by atoms with Crippen molar-refractivity contribution in [3.8, 4) is 5.75 Å². The van der Waals surface area contributed by atoms with E-state index in [1.807, 2.05) is 0 Å². The van der Waals surface area contributed by atoms with Gasteiger partial charge < -0.3 is 14.6 Å². The Morgan fingerprint density at radius 3 is 2.60 bits per heavy atom. The maximum absolute atomic E-state index is 11.5. The van der Waals surface area contributed by atoms with E-state index in [1.54, 1.807) is 6.07 Å². The normalized spacial score (nSPS) is 10.7. The van der Waals surface area contributed by atoms with Gasteiger partial charge in [0.1, 0.15) is 5.75 Å². The maximum atomic E-state index is 11.5. The molecule has 0 saturated carbocycles. The lowest BCUT2D eigenvalue weighted by Gasteiger charge is -2.02. The van der Waals surface area contributed by atoms with Crippen molar-refractivity contribution >= 4 is 16.6 Å². The van der Waals surface area contributed by atoms with Crippen LogP contribution in [0.1, 0.15) is 16.8 Å². The van der Waals surface area contributed by atoms with E-state index in [9.17, 15) is 9.90 Å². The molecule has 4 nitrogen and oxygen atoms in total. The zero-order chi connectivity index (χ0) is 10.8. The molecule has 0 bridgehead atoms. The third-order valence-corrected chi connectivity index (χ3v) is 2.23. The molecule has 15 heavy (non-hydrogen) atoms. The Kier molecular flexibility index (Phi) is 2.43. The number of carbonyl (C=O) groups excluding carboxylic acids is 1. The fourth-order valence-electron chi connectivity index (χ4n) is 1.47. The van der Waals surface area contributed by atoms with Crippen molar-refractivity contribution in [3.05, 3.63) is 30.2 Å². The second-order valence-corrected chi connectivity index (χ2v) is 3.27. The lowest BCUT2D eigenvalue weighted by atomic mass is 10.0. The van der Waals surface area contributed by atoms with Crippen LogP contribution in [-0.4, -0.2) is 22.6 Å². The number of phenols is 1. The number of aromatic hydroxyl groups is 1. The number of rotatable bonds is 3. The molecule has 1 heterocycles. The van der Waals surface area contributed by atoms with Gasteiger partial charge in [-0.25, -0.2) is 0 Å². The molecule has 4 heteroatoms. The van der Waals surface area contributed by atoms with Gasteiger partial charge in [-0.05, 0) is 12.1 Å². The molecule has 2 N–H and O–H groups in total. The van der Waals surface area contributed by atoms with Crippen LogP contribution in [0.15, 0.2) is 29.1 Å². The largest absolute Gasteiger partial charge is 0.507 e. The summed E-state index contributed by atoms with van der Waals surface area (Å²) < 4.78 is 4.94. The third-order valence-electron chi connectivity index (χ3n) is 2.23. The topological polar surface area (TPSA) is 70.7 Å². The minimum atomic E-state index is -0.280. The number of fused-ring (bicyclic) bond motifs is 1. The Balaban J connectivity index is 2.50. The highest BCUT2D eigenvalue weighted by molar-refractivity contribution is 6.02. The molecule has 0 fully saturated rings. The predicted octanol–water partition coefficient (Wildman–Crippen LogP) is 1.70. The van der Waals surface area contributed by atoms with Crippen molar-refractivity contribution < 1.29 is 19.4 Å². The summed E-state index contributed by atoms with van der Waals surface area (Å²) in [5.74, 6) is -0.361. The molecule has 1 aromatic heterocycles. The molecular weight excluding hydrogens is 196 g/mol. The van der Waals surface area contributed by atoms with E-state index in [4.69, 9.17) is 9.52 Å². The first-order valence-corrected chi connectivity index (χ1v) is 4.55. The molecular formula is C11H10O4. The summed E-state index contributed by atoms with van der Waals surface area (Å²) in [6.07, 6.45) is 3.01. The second kappa shape index (κ2) is 3.74. The second-order valence-electron chi connectivity index (χ2n) is 3.27. The summed E-state index contributed by atoms with van der Waals surface area (Å²) >= 11 is 0. The van der Waals surface area contributed by atoms with Gasteiger partial charge in [0.05, 0.1) is 24.7 Å². The van der Waals surface area contributed by atoms with Crippen molar-refractivity contribution in [1.29, 1.82) is 0 Å². The van der Waals surface area contributed by atoms with Crippen molar-refractivity contribution in [2.45, 2.75) is 6.42 Å². The molecule has 78 valence electrons. The number of carbonyl (C=O) groups is 1. The summed E-state index contributed by atoms with van der Waals surface area (Å²) in [7, 11) is 0. The summed E-state index contributed by atoms with van der Waals surface area (Å²) in [5, 5.41) is 19.7. The van der Waals surface area contributed by atoms with Crippen molar-refractivity contribution in [1.82, 2.24) is 0 Å². The van der Waals surface area contributed by atoms with Crippen molar-refractivity contribution in [2.24, 2.45) is 0 Å². The summed E-state index contributed by atoms with van der Waals surface area (Å²) in [6, 6.07) is 3.04. The first-order valence-electron chi connectivity index (χ1n) is 4.55. The van der Waals surface area contributed by atoms with Crippen LogP contribution in [0.25, 0.3) is 10.8 Å². The number of ketones is 1. The number of hydrogen-bond donors (Lipinski definition) is 2. The number of benzene rings is 1. The molecule has 0 aliphatic carbocycles. The standard InChI is InChI=1S/C11H10O4/c12-2-1-10(13)9-3-7-5-15-6-8(7)4-11(9)14/h3-6,12,14H,1-2H2. The van der Waals surface area contributed by atoms with E-state index in [-0.39, 0.29) is 30.1 Å². The molecule has 2 rings (SSSR count). The first-order chi connectivity index (χ1) is 7.22. The Labute approximate surface area is 85.8 Å². The summed E-state index contributed by atoms with van der Waals surface area (Å²) in [4.78, 5) is 11.5. The monoisotopic (exact) mass is 206 g/mol. The van der Waals surface area contributed by atoms with Crippen LogP contribution in [0.2, 0.25) is 0 Å². The van der Waals surface area contributed by atoms with Gasteiger partial charge in [-0.2, -0.15) is 0 Å². The Morgan fingerprint density at radius 1 is 1.27 bits per heavy atom. The smallest absolute Gasteiger partial charge is 0.168 e. The van der Waals surface area contributed by atoms with Gasteiger partial charge in [-0.1, -0.05) is 0 Å². The molecule has 1 aromatic carbocycles. The van der Waals surface area contributed by atoms with Crippen LogP contribution < -0.4 is 0 Å². The zero-order valence-electron chi connectivity index (χ0n) is 7.93. The van der Waals surface area contributed by atoms with Gasteiger partial charge in [-0.15, -0.1) is 0 Å². The highest BCUT2D eigenvalue weighted by atomic mass is 16.3. The van der Waals surface area contributed by atoms with E-state index in [0.717, 1.165) is 10.8 Å². The van der Waals surface area contributed by atoms with Crippen molar-refractivity contribution in [2.75, 3.05) is 6.61 Å². The Morgan fingerprint density at radius 2 is 1.93 bits per heavy atom. The van der Waals surface area contributed by atoms with Crippen LogP contribution in [0, 0.1) is 0 Å². The Hall–Kier alpha value is -1.81. The molecule has 0 aliphatic heterocycles. The van der Waals surface area contributed by atoms with Crippen LogP contribution in [0.5, 0.6) is 5.75 Å². The minimum Gasteiger partial charge on any atom is -0.507 e. The van der Waals surface area contributed by atoms with Crippen LogP contribution >= 0.6 is 0 Å². The van der Waals surface area contributed by atoms with E-state index in [0.29, 0.717) is 0 Å². The van der Waals surface area contributed by atoms with Gasteiger partial charge in [0.25, 0.3) is 0 Å². The lowest BCUT2D eigenvalue weighted by molar-refractivity contribution is 0.0954. The van der Waals surface area contributed by atoms with Gasteiger partial charge in [0.2, 0.25) is 0 Å². The van der Waals surface area contributed by atoms with E-state index in [2.05, 4.69) is 0 Å². The van der Waals surface area contributed by atoms with Crippen LogP contribution in [0.3, 0.4) is 0 Å². The average molecular weight is 206 g/mol. The lowest BCUT2D eigenvalue weighted by Crippen LogP contribution is -2.01. The summed E-state index contributed by atoms with van der Waals surface area (Å²) in [6.45, 7) is -0.221. The molecule has 0 amide bonds. The van der Waals surface area contributed by atoms with Gasteiger partial charge in [0, 0.05) is 17.2 Å². The predicted molar refractivity (Wildman–Crippen MR) is 53.9 cm³/mol. The van der Waals surface area contributed by atoms with Crippen LogP contribution in [0.4, 0.5) is 0 Å². The van der Waals surface area contributed by atoms with Crippen LogP contribution in [-0.2, 0) is 0 Å². The number of aliphatic hydroxyl groups excluding tert-OH is 1.